The van der Waals surface area contributed by atoms with Gasteiger partial charge in [0.1, 0.15) is 0 Å². The third kappa shape index (κ3) is 2.78. The molecule has 3 heteroatoms. The highest BCUT2D eigenvalue weighted by molar-refractivity contribution is 7.98. The second-order valence-electron chi connectivity index (χ2n) is 4.57. The van der Waals surface area contributed by atoms with Crippen LogP contribution >= 0.6 is 11.8 Å². The Balaban J connectivity index is 1.83. The van der Waals surface area contributed by atoms with Crippen LogP contribution in [0.3, 0.4) is 0 Å². The Morgan fingerprint density at radius 1 is 1.05 bits per heavy atom. The molecule has 0 saturated heterocycles. The summed E-state index contributed by atoms with van der Waals surface area (Å²) in [5.41, 5.74) is 3.47. The molecule has 0 saturated carbocycles. The molecule has 0 bridgehead atoms. The second kappa shape index (κ2) is 5.97. The molecular formula is C17H16N2S. The van der Waals surface area contributed by atoms with Crippen LogP contribution in [-0.4, -0.2) is 11.2 Å². The lowest BCUT2D eigenvalue weighted by molar-refractivity contribution is 1.15. The number of hydrogen-bond donors (Lipinski definition) is 1. The molecule has 0 spiro atoms. The van der Waals surface area contributed by atoms with Gasteiger partial charge in [-0.25, -0.2) is 0 Å². The first-order chi connectivity index (χ1) is 9.86. The number of para-hydroxylation sites is 1. The first kappa shape index (κ1) is 13.0. The van der Waals surface area contributed by atoms with Gasteiger partial charge in [-0.15, -0.1) is 11.8 Å². The van der Waals surface area contributed by atoms with E-state index < -0.39 is 0 Å². The predicted molar refractivity (Wildman–Crippen MR) is 87.3 cm³/mol. The maximum atomic E-state index is 4.39. The highest BCUT2D eigenvalue weighted by Gasteiger charge is 2.01. The predicted octanol–water partition coefficient (Wildman–Crippen LogP) is 4.57. The van der Waals surface area contributed by atoms with Gasteiger partial charge in [0, 0.05) is 28.7 Å². The second-order valence-corrected chi connectivity index (χ2v) is 5.45. The highest BCUT2D eigenvalue weighted by atomic mass is 32.2. The van der Waals surface area contributed by atoms with Gasteiger partial charge in [-0.05, 0) is 42.2 Å². The topological polar surface area (TPSA) is 24.9 Å². The lowest BCUT2D eigenvalue weighted by atomic mass is 10.1. The van der Waals surface area contributed by atoms with E-state index in [0.717, 1.165) is 17.7 Å². The van der Waals surface area contributed by atoms with Crippen LogP contribution in [0.25, 0.3) is 10.9 Å². The SMILES string of the molecule is CSc1cccc(NCc2ccnc3ccccc23)c1. The molecule has 0 aliphatic carbocycles. The fraction of sp³-hybridized carbons (Fsp3) is 0.118. The van der Waals surface area contributed by atoms with Gasteiger partial charge >= 0.3 is 0 Å². The lowest BCUT2D eigenvalue weighted by Gasteiger charge is -2.09. The number of aromatic nitrogens is 1. The molecule has 1 heterocycles. The zero-order valence-electron chi connectivity index (χ0n) is 11.3. The number of thioether (sulfide) groups is 1. The summed E-state index contributed by atoms with van der Waals surface area (Å²) < 4.78 is 0. The zero-order valence-corrected chi connectivity index (χ0v) is 12.2. The summed E-state index contributed by atoms with van der Waals surface area (Å²) in [6, 6.07) is 18.8. The van der Waals surface area contributed by atoms with Crippen molar-refractivity contribution in [3.63, 3.8) is 0 Å². The van der Waals surface area contributed by atoms with Crippen LogP contribution < -0.4 is 5.32 Å². The molecule has 0 fully saturated rings. The molecule has 0 aliphatic rings. The minimum Gasteiger partial charge on any atom is -0.381 e. The molecule has 0 amide bonds. The quantitative estimate of drug-likeness (QED) is 0.709. The standard InChI is InChI=1S/C17H16N2S/c1-20-15-6-4-5-14(11-15)19-12-13-9-10-18-17-8-3-2-7-16(13)17/h2-11,19H,12H2,1H3. The lowest BCUT2D eigenvalue weighted by Crippen LogP contribution is -2.00. The van der Waals surface area contributed by atoms with E-state index in [1.165, 1.54) is 15.8 Å². The number of nitrogens with one attached hydrogen (secondary N) is 1. The van der Waals surface area contributed by atoms with Gasteiger partial charge in [0.05, 0.1) is 5.52 Å². The molecule has 2 aromatic carbocycles. The number of nitrogens with zero attached hydrogens (tertiary/aromatic N) is 1. The van der Waals surface area contributed by atoms with Crippen molar-refractivity contribution in [2.45, 2.75) is 11.4 Å². The van der Waals surface area contributed by atoms with E-state index in [4.69, 9.17) is 0 Å². The van der Waals surface area contributed by atoms with Crippen LogP contribution in [0.5, 0.6) is 0 Å². The molecule has 0 aliphatic heterocycles. The Morgan fingerprint density at radius 2 is 1.95 bits per heavy atom. The van der Waals surface area contributed by atoms with Gasteiger partial charge in [0.25, 0.3) is 0 Å². The summed E-state index contributed by atoms with van der Waals surface area (Å²) >= 11 is 1.76. The first-order valence-electron chi connectivity index (χ1n) is 6.57. The largest absolute Gasteiger partial charge is 0.381 e. The Morgan fingerprint density at radius 3 is 2.85 bits per heavy atom. The normalized spacial score (nSPS) is 10.7. The van der Waals surface area contributed by atoms with Crippen LogP contribution in [0.15, 0.2) is 65.7 Å². The summed E-state index contributed by atoms with van der Waals surface area (Å²) in [5.74, 6) is 0. The molecule has 3 aromatic rings. The third-order valence-electron chi connectivity index (χ3n) is 3.29. The average molecular weight is 280 g/mol. The zero-order chi connectivity index (χ0) is 13.8. The Kier molecular flexibility index (Phi) is 3.88. The molecule has 20 heavy (non-hydrogen) atoms. The van der Waals surface area contributed by atoms with Crippen molar-refractivity contribution in [3.05, 3.63) is 66.4 Å². The number of rotatable bonds is 4. The maximum Gasteiger partial charge on any atom is 0.0705 e. The van der Waals surface area contributed by atoms with Crippen molar-refractivity contribution < 1.29 is 0 Å². The van der Waals surface area contributed by atoms with Crippen molar-refractivity contribution in [3.8, 4) is 0 Å². The summed E-state index contributed by atoms with van der Waals surface area (Å²) in [7, 11) is 0. The summed E-state index contributed by atoms with van der Waals surface area (Å²) in [4.78, 5) is 5.67. The van der Waals surface area contributed by atoms with E-state index in [1.54, 1.807) is 11.8 Å². The molecule has 1 N–H and O–H groups in total. The van der Waals surface area contributed by atoms with Crippen molar-refractivity contribution in [2.24, 2.45) is 0 Å². The fourth-order valence-electron chi connectivity index (χ4n) is 2.24. The maximum absolute atomic E-state index is 4.39. The average Bonchev–Trinajstić information content (AvgIpc) is 2.53. The molecule has 3 rings (SSSR count). The number of anilines is 1. The molecule has 0 unspecified atom stereocenters. The van der Waals surface area contributed by atoms with Gasteiger partial charge in [0.15, 0.2) is 0 Å². The minimum absolute atomic E-state index is 0.806. The Hall–Kier alpha value is -2.00. The number of benzene rings is 2. The number of pyridine rings is 1. The Bertz CT molecular complexity index is 720. The van der Waals surface area contributed by atoms with Gasteiger partial charge in [-0.2, -0.15) is 0 Å². The number of fused-ring (bicyclic) bond motifs is 1. The van der Waals surface area contributed by atoms with Gasteiger partial charge in [-0.3, -0.25) is 4.98 Å². The van der Waals surface area contributed by atoms with Crippen molar-refractivity contribution in [1.82, 2.24) is 4.98 Å². The van der Waals surface area contributed by atoms with Crippen molar-refractivity contribution in [1.29, 1.82) is 0 Å². The molecular weight excluding hydrogens is 264 g/mol. The third-order valence-corrected chi connectivity index (χ3v) is 4.02. The van der Waals surface area contributed by atoms with Crippen molar-refractivity contribution >= 4 is 28.4 Å². The van der Waals surface area contributed by atoms with Gasteiger partial charge < -0.3 is 5.32 Å². The highest BCUT2D eigenvalue weighted by Crippen LogP contribution is 2.21. The van der Waals surface area contributed by atoms with Crippen LogP contribution in [-0.2, 0) is 6.54 Å². The van der Waals surface area contributed by atoms with E-state index in [2.05, 4.69) is 59.0 Å². The molecule has 2 nitrogen and oxygen atoms in total. The van der Waals surface area contributed by atoms with Gasteiger partial charge in [-0.1, -0.05) is 24.3 Å². The summed E-state index contributed by atoms with van der Waals surface area (Å²) in [6.45, 7) is 0.806. The smallest absolute Gasteiger partial charge is 0.0705 e. The fourth-order valence-corrected chi connectivity index (χ4v) is 2.70. The minimum atomic E-state index is 0.806. The van der Waals surface area contributed by atoms with Crippen LogP contribution in [0.1, 0.15) is 5.56 Å². The molecule has 0 radical (unpaired) electrons. The van der Waals surface area contributed by atoms with E-state index >= 15 is 0 Å². The van der Waals surface area contributed by atoms with Crippen molar-refractivity contribution in [2.75, 3.05) is 11.6 Å². The van der Waals surface area contributed by atoms with E-state index in [1.807, 2.05) is 18.3 Å². The Labute approximate surface area is 123 Å². The summed E-state index contributed by atoms with van der Waals surface area (Å²) in [6.07, 6.45) is 3.97. The van der Waals surface area contributed by atoms with Crippen LogP contribution in [0.4, 0.5) is 5.69 Å². The molecule has 0 atom stereocenters. The van der Waals surface area contributed by atoms with Gasteiger partial charge in [0.2, 0.25) is 0 Å². The number of hydrogen-bond acceptors (Lipinski definition) is 3. The van der Waals surface area contributed by atoms with E-state index in [0.29, 0.717) is 0 Å². The van der Waals surface area contributed by atoms with Crippen LogP contribution in [0, 0.1) is 0 Å². The first-order valence-corrected chi connectivity index (χ1v) is 7.80. The summed E-state index contributed by atoms with van der Waals surface area (Å²) in [5, 5.41) is 4.70. The van der Waals surface area contributed by atoms with E-state index in [9.17, 15) is 0 Å². The molecule has 100 valence electrons. The van der Waals surface area contributed by atoms with E-state index in [-0.39, 0.29) is 0 Å². The monoisotopic (exact) mass is 280 g/mol. The molecule has 1 aromatic heterocycles. The van der Waals surface area contributed by atoms with Crippen LogP contribution in [0.2, 0.25) is 0 Å².